The number of likely N-dealkylation sites (N-methyl/N-ethyl adjacent to an activating group) is 1. The summed E-state index contributed by atoms with van der Waals surface area (Å²) in [7, 11) is 6.96. The molecule has 1 rings (SSSR count). The third kappa shape index (κ3) is 4.88. The summed E-state index contributed by atoms with van der Waals surface area (Å²) in [5.74, 6) is -0.390. The molecule has 2 N–H and O–H groups in total. The summed E-state index contributed by atoms with van der Waals surface area (Å²) in [6.07, 6.45) is 1.54. The molecule has 0 saturated heterocycles. The Morgan fingerprint density at radius 1 is 1.40 bits per heavy atom. The Bertz CT molecular complexity index is 470. The van der Waals surface area contributed by atoms with E-state index in [9.17, 15) is 9.59 Å². The van der Waals surface area contributed by atoms with Crippen molar-refractivity contribution >= 4 is 11.8 Å². The predicted molar refractivity (Wildman–Crippen MR) is 73.7 cm³/mol. The second-order valence-corrected chi connectivity index (χ2v) is 4.56. The van der Waals surface area contributed by atoms with Gasteiger partial charge in [-0.15, -0.1) is 5.10 Å². The Hall–Kier alpha value is -2.09. The summed E-state index contributed by atoms with van der Waals surface area (Å²) in [6, 6.07) is 0. The van der Waals surface area contributed by atoms with Crippen molar-refractivity contribution in [3.8, 4) is 5.88 Å². The summed E-state index contributed by atoms with van der Waals surface area (Å²) in [4.78, 5) is 25.4. The van der Waals surface area contributed by atoms with Gasteiger partial charge in [-0.05, 0) is 14.1 Å². The highest BCUT2D eigenvalue weighted by molar-refractivity contribution is 5.98. The van der Waals surface area contributed by atoms with E-state index in [0.717, 1.165) is 6.54 Å². The van der Waals surface area contributed by atoms with E-state index in [1.807, 2.05) is 19.0 Å². The van der Waals surface area contributed by atoms with Gasteiger partial charge in [-0.2, -0.15) is 0 Å². The van der Waals surface area contributed by atoms with Gasteiger partial charge in [0.2, 0.25) is 11.8 Å². The van der Waals surface area contributed by atoms with Crippen molar-refractivity contribution in [2.45, 2.75) is 0 Å². The Labute approximate surface area is 118 Å². The maximum atomic E-state index is 11.9. The minimum atomic E-state index is -0.391. The fourth-order valence-corrected chi connectivity index (χ4v) is 1.51. The number of nitrogens with one attached hydrogen (secondary N) is 2. The molecule has 2 amide bonds. The Morgan fingerprint density at radius 3 is 2.70 bits per heavy atom. The van der Waals surface area contributed by atoms with E-state index >= 15 is 0 Å². The van der Waals surface area contributed by atoms with Crippen LogP contribution in [-0.4, -0.2) is 67.3 Å². The first-order valence-electron chi connectivity index (χ1n) is 6.21. The van der Waals surface area contributed by atoms with Crippen molar-refractivity contribution in [2.75, 3.05) is 40.8 Å². The molecule has 0 radical (unpaired) electrons. The summed E-state index contributed by atoms with van der Waals surface area (Å²) in [5, 5.41) is 9.21. The quantitative estimate of drug-likeness (QED) is 0.659. The molecule has 8 heteroatoms. The number of hydrogen-bond donors (Lipinski definition) is 2. The lowest BCUT2D eigenvalue weighted by Crippen LogP contribution is -2.39. The van der Waals surface area contributed by atoms with Gasteiger partial charge in [0.15, 0.2) is 0 Å². The smallest absolute Gasteiger partial charge is 0.258 e. The fraction of sp³-hybridized carbons (Fsp3) is 0.583. The monoisotopic (exact) mass is 283 g/mol. The largest absolute Gasteiger partial charge is 0.479 e. The lowest BCUT2D eigenvalue weighted by Gasteiger charge is -2.10. The Kier molecular flexibility index (Phi) is 5.98. The number of rotatable bonds is 7. The Balaban J connectivity index is 2.41. The molecule has 1 aromatic heterocycles. The van der Waals surface area contributed by atoms with Crippen molar-refractivity contribution in [1.29, 1.82) is 0 Å². The zero-order chi connectivity index (χ0) is 15.1. The van der Waals surface area contributed by atoms with E-state index in [1.165, 1.54) is 18.0 Å². The molecule has 0 unspecified atom stereocenters. The first-order valence-corrected chi connectivity index (χ1v) is 6.21. The molecule has 0 aliphatic rings. The number of hydrogen-bond acceptors (Lipinski definition) is 5. The minimum Gasteiger partial charge on any atom is -0.479 e. The normalized spacial score (nSPS) is 10.4. The molecule has 0 spiro atoms. The molecule has 0 saturated carbocycles. The number of nitrogens with zero attached hydrogens (tertiary/aromatic N) is 3. The van der Waals surface area contributed by atoms with Crippen LogP contribution in [0.1, 0.15) is 10.4 Å². The molecular formula is C12H21N5O3. The maximum Gasteiger partial charge on any atom is 0.258 e. The topological polar surface area (TPSA) is 88.5 Å². The van der Waals surface area contributed by atoms with Gasteiger partial charge in [0.25, 0.3) is 5.91 Å². The van der Waals surface area contributed by atoms with Gasteiger partial charge in [0, 0.05) is 26.3 Å². The SMILES string of the molecule is COc1nn(C)cc1C(=O)NCC(=O)NCCN(C)C. The molecule has 0 fully saturated rings. The van der Waals surface area contributed by atoms with Crippen LogP contribution >= 0.6 is 0 Å². The first kappa shape index (κ1) is 16.0. The van der Waals surface area contributed by atoms with Crippen LogP contribution in [0.5, 0.6) is 5.88 Å². The molecule has 0 bridgehead atoms. The third-order valence-corrected chi connectivity index (χ3v) is 2.52. The Morgan fingerprint density at radius 2 is 2.10 bits per heavy atom. The number of carbonyl (C=O) groups excluding carboxylic acids is 2. The van der Waals surface area contributed by atoms with E-state index in [4.69, 9.17) is 4.74 Å². The summed E-state index contributed by atoms with van der Waals surface area (Å²) in [5.41, 5.74) is 0.302. The van der Waals surface area contributed by atoms with Gasteiger partial charge < -0.3 is 20.3 Å². The number of carbonyl (C=O) groups is 2. The molecule has 112 valence electrons. The highest BCUT2D eigenvalue weighted by Gasteiger charge is 2.16. The van der Waals surface area contributed by atoms with Crippen LogP contribution < -0.4 is 15.4 Å². The first-order chi connectivity index (χ1) is 9.43. The van der Waals surface area contributed by atoms with Gasteiger partial charge >= 0.3 is 0 Å². The lowest BCUT2D eigenvalue weighted by atomic mass is 10.3. The van der Waals surface area contributed by atoms with Crippen LogP contribution in [0.4, 0.5) is 0 Å². The van der Waals surface area contributed by atoms with Crippen LogP contribution in [0, 0.1) is 0 Å². The third-order valence-electron chi connectivity index (χ3n) is 2.52. The highest BCUT2D eigenvalue weighted by atomic mass is 16.5. The van der Waals surface area contributed by atoms with E-state index in [1.54, 1.807) is 7.05 Å². The predicted octanol–water partition coefficient (Wildman–Crippen LogP) is -1.16. The highest BCUT2D eigenvalue weighted by Crippen LogP contribution is 2.13. The van der Waals surface area contributed by atoms with Gasteiger partial charge in [0.1, 0.15) is 5.56 Å². The van der Waals surface area contributed by atoms with Gasteiger partial charge in [0.05, 0.1) is 13.7 Å². The van der Waals surface area contributed by atoms with Crippen LogP contribution in [0.3, 0.4) is 0 Å². The molecule has 0 aromatic carbocycles. The van der Waals surface area contributed by atoms with Crippen molar-refractivity contribution < 1.29 is 14.3 Å². The molecular weight excluding hydrogens is 262 g/mol. The summed E-state index contributed by atoms with van der Waals surface area (Å²) in [6.45, 7) is 1.21. The van der Waals surface area contributed by atoms with Crippen LogP contribution in [0.2, 0.25) is 0 Å². The average molecular weight is 283 g/mol. The maximum absolute atomic E-state index is 11.9. The second kappa shape index (κ2) is 7.49. The zero-order valence-electron chi connectivity index (χ0n) is 12.3. The molecule has 0 aliphatic carbocycles. The zero-order valence-corrected chi connectivity index (χ0v) is 12.3. The van der Waals surface area contributed by atoms with E-state index < -0.39 is 5.91 Å². The van der Waals surface area contributed by atoms with Crippen molar-refractivity contribution in [2.24, 2.45) is 7.05 Å². The van der Waals surface area contributed by atoms with Crippen molar-refractivity contribution in [3.05, 3.63) is 11.8 Å². The second-order valence-electron chi connectivity index (χ2n) is 4.56. The fourth-order valence-electron chi connectivity index (χ4n) is 1.51. The average Bonchev–Trinajstić information content (AvgIpc) is 2.76. The standard InChI is InChI=1S/C12H21N5O3/c1-16(2)6-5-13-10(18)7-14-11(19)9-8-17(3)15-12(9)20-4/h8H,5-7H2,1-4H3,(H,13,18)(H,14,19). The minimum absolute atomic E-state index is 0.0791. The van der Waals surface area contributed by atoms with Crippen LogP contribution in [-0.2, 0) is 11.8 Å². The molecule has 1 aromatic rings. The number of ether oxygens (including phenoxy) is 1. The molecule has 0 atom stereocenters. The van der Waals surface area contributed by atoms with Gasteiger partial charge in [-0.25, -0.2) is 0 Å². The summed E-state index contributed by atoms with van der Waals surface area (Å²) >= 11 is 0. The van der Waals surface area contributed by atoms with E-state index in [2.05, 4.69) is 15.7 Å². The van der Waals surface area contributed by atoms with E-state index in [0.29, 0.717) is 12.1 Å². The van der Waals surface area contributed by atoms with Gasteiger partial charge in [-0.3, -0.25) is 14.3 Å². The lowest BCUT2D eigenvalue weighted by molar-refractivity contribution is -0.120. The number of aromatic nitrogens is 2. The van der Waals surface area contributed by atoms with Crippen molar-refractivity contribution in [3.63, 3.8) is 0 Å². The molecule has 0 aliphatic heterocycles. The molecule has 20 heavy (non-hydrogen) atoms. The number of methoxy groups -OCH3 is 1. The van der Waals surface area contributed by atoms with Gasteiger partial charge in [-0.1, -0.05) is 0 Å². The number of aryl methyl sites for hydroxylation is 1. The summed E-state index contributed by atoms with van der Waals surface area (Å²) < 4.78 is 6.46. The van der Waals surface area contributed by atoms with Crippen LogP contribution in [0.25, 0.3) is 0 Å². The van der Waals surface area contributed by atoms with E-state index in [-0.39, 0.29) is 18.3 Å². The molecule has 1 heterocycles. The molecule has 8 nitrogen and oxygen atoms in total. The van der Waals surface area contributed by atoms with Crippen molar-refractivity contribution in [1.82, 2.24) is 25.3 Å². The number of amides is 2. The van der Waals surface area contributed by atoms with Crippen LogP contribution in [0.15, 0.2) is 6.20 Å².